The van der Waals surface area contributed by atoms with Gasteiger partial charge in [0.05, 0.1) is 17.7 Å². The Morgan fingerprint density at radius 2 is 1.84 bits per heavy atom. The summed E-state index contributed by atoms with van der Waals surface area (Å²) in [5.74, 6) is 0.953. The molecule has 6 nitrogen and oxygen atoms in total. The van der Waals surface area contributed by atoms with Crippen molar-refractivity contribution in [3.05, 3.63) is 75.2 Å². The van der Waals surface area contributed by atoms with Crippen LogP contribution >= 0.6 is 11.3 Å². The fraction of sp³-hybridized carbons (Fsp3) is 0.419. The molecule has 1 amide bonds. The highest BCUT2D eigenvalue weighted by atomic mass is 32.1. The van der Waals surface area contributed by atoms with Crippen LogP contribution in [0.2, 0.25) is 0 Å². The van der Waals surface area contributed by atoms with Gasteiger partial charge >= 0.3 is 5.97 Å². The maximum Gasteiger partial charge on any atom is 0.343 e. The van der Waals surface area contributed by atoms with Crippen LogP contribution < -0.4 is 20.1 Å². The van der Waals surface area contributed by atoms with E-state index in [0.29, 0.717) is 35.0 Å². The largest absolute Gasteiger partial charge is 0.490 e. The SMILES string of the molecule is CCOc1cc([C@@H]2NC(=O)c3c(sc4c3CC[C@H](C(C)(C)CC)C4)N2)ccc1OC(=O)c1ccc(C)cc1. The molecule has 2 atom stereocenters. The van der Waals surface area contributed by atoms with Crippen LogP contribution in [0.15, 0.2) is 42.5 Å². The number of carbonyl (C=O) groups is 2. The molecule has 0 saturated heterocycles. The Hall–Kier alpha value is -3.32. The van der Waals surface area contributed by atoms with E-state index in [1.165, 1.54) is 10.4 Å². The lowest BCUT2D eigenvalue weighted by Gasteiger charge is -2.36. The van der Waals surface area contributed by atoms with E-state index in [1.54, 1.807) is 29.5 Å². The number of benzene rings is 2. The summed E-state index contributed by atoms with van der Waals surface area (Å²) in [5.41, 5.74) is 4.69. The third-order valence-electron chi connectivity index (χ3n) is 8.15. The van der Waals surface area contributed by atoms with Gasteiger partial charge in [0, 0.05) is 4.88 Å². The van der Waals surface area contributed by atoms with E-state index in [1.807, 2.05) is 38.1 Å². The standard InChI is InChI=1S/C31H36N2O4S/c1-6-31(4,5)21-13-14-22-25(17-21)38-29-26(22)28(34)32-27(33-29)20-12-15-23(24(16-20)36-7-2)37-30(35)19-10-8-18(3)9-11-19/h8-12,15-16,21,27,33H,6-7,13-14,17H2,1-5H3,(H,32,34)/t21-,27+/m0/s1. The molecule has 2 N–H and O–H groups in total. The number of aryl methyl sites for hydroxylation is 1. The lowest BCUT2D eigenvalue weighted by atomic mass is 9.69. The summed E-state index contributed by atoms with van der Waals surface area (Å²) in [7, 11) is 0. The minimum absolute atomic E-state index is 0.0395. The molecule has 200 valence electrons. The molecule has 2 aromatic carbocycles. The average Bonchev–Trinajstić information content (AvgIpc) is 3.28. The van der Waals surface area contributed by atoms with Crippen molar-refractivity contribution in [1.82, 2.24) is 5.32 Å². The molecule has 0 radical (unpaired) electrons. The van der Waals surface area contributed by atoms with Crippen molar-refractivity contribution in [2.45, 2.75) is 66.5 Å². The average molecular weight is 533 g/mol. The highest BCUT2D eigenvalue weighted by Crippen LogP contribution is 2.47. The van der Waals surface area contributed by atoms with Gasteiger partial charge in [-0.1, -0.05) is 51.0 Å². The molecule has 0 fully saturated rings. The normalized spacial score (nSPS) is 18.6. The molecule has 2 heterocycles. The lowest BCUT2D eigenvalue weighted by molar-refractivity contribution is 0.0728. The molecule has 0 spiro atoms. The topological polar surface area (TPSA) is 76.7 Å². The highest BCUT2D eigenvalue weighted by molar-refractivity contribution is 7.16. The summed E-state index contributed by atoms with van der Waals surface area (Å²) in [5, 5.41) is 7.62. The number of ether oxygens (including phenoxy) is 2. The summed E-state index contributed by atoms with van der Waals surface area (Å²) in [6.45, 7) is 11.2. The van der Waals surface area contributed by atoms with Gasteiger partial charge in [-0.3, -0.25) is 4.79 Å². The van der Waals surface area contributed by atoms with E-state index < -0.39 is 12.1 Å². The van der Waals surface area contributed by atoms with Gasteiger partial charge in [-0.15, -0.1) is 11.3 Å². The zero-order valence-corrected chi connectivity index (χ0v) is 23.6. The van der Waals surface area contributed by atoms with Gasteiger partial charge in [0.25, 0.3) is 5.91 Å². The van der Waals surface area contributed by atoms with Crippen LogP contribution in [0.25, 0.3) is 0 Å². The van der Waals surface area contributed by atoms with Gasteiger partial charge in [-0.05, 0) is 79.8 Å². The van der Waals surface area contributed by atoms with E-state index in [4.69, 9.17) is 9.47 Å². The Morgan fingerprint density at radius 1 is 1.08 bits per heavy atom. The summed E-state index contributed by atoms with van der Waals surface area (Å²) in [4.78, 5) is 27.3. The third-order valence-corrected chi connectivity index (χ3v) is 9.34. The first-order valence-corrected chi connectivity index (χ1v) is 14.3. The van der Waals surface area contributed by atoms with Gasteiger partial charge in [-0.25, -0.2) is 4.79 Å². The molecule has 0 unspecified atom stereocenters. The van der Waals surface area contributed by atoms with Gasteiger partial charge in [0.2, 0.25) is 0 Å². The molecule has 3 aromatic rings. The number of amides is 1. The van der Waals surface area contributed by atoms with Crippen LogP contribution in [-0.2, 0) is 12.8 Å². The number of hydrogen-bond acceptors (Lipinski definition) is 6. The highest BCUT2D eigenvalue weighted by Gasteiger charge is 2.37. The Bertz CT molecular complexity index is 1360. The minimum atomic E-state index is -0.443. The first kappa shape index (κ1) is 26.3. The summed E-state index contributed by atoms with van der Waals surface area (Å²) < 4.78 is 11.5. The molecule has 2 aliphatic rings. The smallest absolute Gasteiger partial charge is 0.343 e. The molecule has 1 aliphatic carbocycles. The number of esters is 1. The van der Waals surface area contributed by atoms with Crippen LogP contribution in [0.3, 0.4) is 0 Å². The second kappa shape index (κ2) is 10.4. The second-order valence-electron chi connectivity index (χ2n) is 10.9. The maximum absolute atomic E-state index is 13.3. The second-order valence-corrected chi connectivity index (χ2v) is 12.0. The van der Waals surface area contributed by atoms with Crippen molar-refractivity contribution < 1.29 is 19.1 Å². The predicted molar refractivity (Wildman–Crippen MR) is 151 cm³/mol. The van der Waals surface area contributed by atoms with Crippen LogP contribution in [0.4, 0.5) is 5.00 Å². The van der Waals surface area contributed by atoms with Crippen molar-refractivity contribution in [3.8, 4) is 11.5 Å². The van der Waals surface area contributed by atoms with Crippen molar-refractivity contribution in [2.75, 3.05) is 11.9 Å². The fourth-order valence-corrected chi connectivity index (χ4v) is 6.68. The third kappa shape index (κ3) is 5.04. The Morgan fingerprint density at radius 3 is 2.55 bits per heavy atom. The molecule has 7 heteroatoms. The number of rotatable bonds is 7. The molecular formula is C31H36N2O4S. The molecular weight excluding hydrogens is 496 g/mol. The first-order chi connectivity index (χ1) is 18.2. The summed E-state index contributed by atoms with van der Waals surface area (Å²) >= 11 is 1.72. The Kier molecular flexibility index (Phi) is 7.23. The zero-order chi connectivity index (χ0) is 27.0. The quantitative estimate of drug-likeness (QED) is 0.251. The van der Waals surface area contributed by atoms with Crippen LogP contribution in [0.1, 0.15) is 89.0 Å². The van der Waals surface area contributed by atoms with Crippen LogP contribution in [0, 0.1) is 18.3 Å². The zero-order valence-electron chi connectivity index (χ0n) is 22.8. The van der Waals surface area contributed by atoms with Crippen molar-refractivity contribution in [2.24, 2.45) is 11.3 Å². The van der Waals surface area contributed by atoms with Gasteiger partial charge in [0.1, 0.15) is 11.2 Å². The van der Waals surface area contributed by atoms with Gasteiger partial charge < -0.3 is 20.1 Å². The number of nitrogens with one attached hydrogen (secondary N) is 2. The van der Waals surface area contributed by atoms with E-state index in [2.05, 4.69) is 31.4 Å². The monoisotopic (exact) mass is 532 g/mol. The fourth-order valence-electron chi connectivity index (χ4n) is 5.33. The minimum Gasteiger partial charge on any atom is -0.490 e. The molecule has 5 rings (SSSR count). The van der Waals surface area contributed by atoms with Crippen molar-refractivity contribution in [3.63, 3.8) is 0 Å². The first-order valence-electron chi connectivity index (χ1n) is 13.5. The molecule has 0 bridgehead atoms. The van der Waals surface area contributed by atoms with Crippen LogP contribution in [-0.4, -0.2) is 18.5 Å². The number of anilines is 1. The van der Waals surface area contributed by atoms with Gasteiger partial charge in [0.15, 0.2) is 11.5 Å². The number of carbonyl (C=O) groups excluding carboxylic acids is 2. The summed E-state index contributed by atoms with van der Waals surface area (Å²) in [6, 6.07) is 12.7. The van der Waals surface area contributed by atoms with E-state index >= 15 is 0 Å². The van der Waals surface area contributed by atoms with E-state index in [0.717, 1.165) is 47.4 Å². The van der Waals surface area contributed by atoms with E-state index in [-0.39, 0.29) is 5.91 Å². The number of thiophene rings is 1. The molecule has 0 saturated carbocycles. The lowest BCUT2D eigenvalue weighted by Crippen LogP contribution is -2.38. The molecule has 38 heavy (non-hydrogen) atoms. The van der Waals surface area contributed by atoms with Crippen LogP contribution in [0.5, 0.6) is 11.5 Å². The Balaban J connectivity index is 1.37. The predicted octanol–water partition coefficient (Wildman–Crippen LogP) is 7.07. The number of hydrogen-bond donors (Lipinski definition) is 2. The summed E-state index contributed by atoms with van der Waals surface area (Å²) in [6.07, 6.45) is 3.85. The maximum atomic E-state index is 13.3. The van der Waals surface area contributed by atoms with Crippen molar-refractivity contribution >= 4 is 28.2 Å². The Labute approximate surface area is 228 Å². The molecule has 1 aliphatic heterocycles. The van der Waals surface area contributed by atoms with Gasteiger partial charge in [-0.2, -0.15) is 0 Å². The molecule has 1 aromatic heterocycles. The van der Waals surface area contributed by atoms with E-state index in [9.17, 15) is 9.59 Å². The number of fused-ring (bicyclic) bond motifs is 3. The van der Waals surface area contributed by atoms with Crippen molar-refractivity contribution in [1.29, 1.82) is 0 Å².